The molecule has 0 aliphatic rings. The van der Waals surface area contributed by atoms with E-state index < -0.39 is 10.0 Å². The summed E-state index contributed by atoms with van der Waals surface area (Å²) in [6.07, 6.45) is 0. The number of anilines is 2. The van der Waals surface area contributed by atoms with Crippen LogP contribution in [0, 0.1) is 0 Å². The third kappa shape index (κ3) is 5.91. The summed E-state index contributed by atoms with van der Waals surface area (Å²) in [5.74, 6) is -0.322. The van der Waals surface area contributed by atoms with Gasteiger partial charge in [-0.15, -0.1) is 0 Å². The highest BCUT2D eigenvalue weighted by atomic mass is 35.5. The lowest BCUT2D eigenvalue weighted by atomic mass is 10.1. The van der Waals surface area contributed by atoms with Crippen molar-refractivity contribution < 1.29 is 13.2 Å². The maximum absolute atomic E-state index is 12.7. The van der Waals surface area contributed by atoms with Crippen LogP contribution in [0.4, 0.5) is 11.4 Å². The number of rotatable bonds is 7. The first-order valence-electron chi connectivity index (χ1n) is 9.28. The summed E-state index contributed by atoms with van der Waals surface area (Å²) in [7, 11) is -0.0894. The Bertz CT molecular complexity index is 1210. The Balaban J connectivity index is 1.73. The van der Waals surface area contributed by atoms with E-state index in [2.05, 4.69) is 10.0 Å². The summed E-state index contributed by atoms with van der Waals surface area (Å²) in [6.45, 7) is 0.342. The number of nitrogens with one attached hydrogen (secondary N) is 2. The van der Waals surface area contributed by atoms with Crippen LogP contribution < -0.4 is 14.9 Å². The average molecular weight is 478 g/mol. The maximum atomic E-state index is 12.7. The Morgan fingerprint density at radius 2 is 1.71 bits per heavy atom. The number of benzene rings is 3. The van der Waals surface area contributed by atoms with Crippen molar-refractivity contribution in [2.75, 3.05) is 23.7 Å². The van der Waals surface area contributed by atoms with Crippen LogP contribution in [-0.2, 0) is 16.6 Å². The van der Waals surface area contributed by atoms with Gasteiger partial charge in [-0.2, -0.15) is 0 Å². The van der Waals surface area contributed by atoms with Crippen molar-refractivity contribution in [2.45, 2.75) is 11.4 Å². The number of amides is 1. The van der Waals surface area contributed by atoms with Gasteiger partial charge in [0.2, 0.25) is 0 Å². The van der Waals surface area contributed by atoms with E-state index in [1.165, 1.54) is 24.3 Å². The minimum atomic E-state index is -3.98. The highest BCUT2D eigenvalue weighted by Crippen LogP contribution is 2.27. The summed E-state index contributed by atoms with van der Waals surface area (Å²) in [4.78, 5) is 14.4. The minimum absolute atomic E-state index is 0.0470. The Kier molecular flexibility index (Phi) is 7.10. The third-order valence-corrected chi connectivity index (χ3v) is 6.54. The van der Waals surface area contributed by atoms with E-state index in [1.54, 1.807) is 18.2 Å². The topological polar surface area (TPSA) is 78.5 Å². The zero-order chi connectivity index (χ0) is 22.6. The predicted octanol–water partition coefficient (Wildman–Crippen LogP) is 4.79. The van der Waals surface area contributed by atoms with E-state index in [4.69, 9.17) is 23.2 Å². The smallest absolute Gasteiger partial charge is 0.263 e. The van der Waals surface area contributed by atoms with Gasteiger partial charge in [0.1, 0.15) is 4.90 Å². The number of hydrogen-bond acceptors (Lipinski definition) is 4. The Morgan fingerprint density at radius 3 is 2.45 bits per heavy atom. The molecule has 2 N–H and O–H groups in total. The van der Waals surface area contributed by atoms with Gasteiger partial charge in [0, 0.05) is 42.6 Å². The number of nitrogens with zero attached hydrogens (tertiary/aromatic N) is 1. The van der Waals surface area contributed by atoms with Crippen LogP contribution in [-0.4, -0.2) is 28.4 Å². The molecular formula is C22H21Cl2N3O3S. The molecule has 0 spiro atoms. The molecule has 0 atom stereocenters. The monoisotopic (exact) mass is 477 g/mol. The number of carbonyl (C=O) groups excluding carboxylic acids is 1. The van der Waals surface area contributed by atoms with Crippen molar-refractivity contribution in [2.24, 2.45) is 0 Å². The van der Waals surface area contributed by atoms with E-state index in [0.717, 1.165) is 11.3 Å². The second-order valence-corrected chi connectivity index (χ2v) is 9.50. The summed E-state index contributed by atoms with van der Waals surface area (Å²) in [6, 6.07) is 18.2. The molecule has 0 aliphatic carbocycles. The third-order valence-electron chi connectivity index (χ3n) is 4.44. The van der Waals surface area contributed by atoms with Gasteiger partial charge in [-0.05, 0) is 54.1 Å². The van der Waals surface area contributed by atoms with Gasteiger partial charge in [0.15, 0.2) is 0 Å². The van der Waals surface area contributed by atoms with E-state index in [9.17, 15) is 13.2 Å². The first-order chi connectivity index (χ1) is 14.7. The number of sulfonamides is 1. The van der Waals surface area contributed by atoms with Crippen molar-refractivity contribution in [3.05, 3.63) is 87.9 Å². The van der Waals surface area contributed by atoms with E-state index in [1.807, 2.05) is 43.3 Å². The molecule has 3 rings (SSSR count). The zero-order valence-electron chi connectivity index (χ0n) is 16.9. The van der Waals surface area contributed by atoms with Crippen molar-refractivity contribution in [3.8, 4) is 0 Å². The molecule has 3 aromatic rings. The fraction of sp³-hybridized carbons (Fsp3) is 0.136. The van der Waals surface area contributed by atoms with Gasteiger partial charge in [0.25, 0.3) is 15.9 Å². The molecule has 0 radical (unpaired) electrons. The van der Waals surface area contributed by atoms with Crippen LogP contribution >= 0.6 is 23.2 Å². The van der Waals surface area contributed by atoms with Crippen LogP contribution in [0.1, 0.15) is 15.9 Å². The van der Waals surface area contributed by atoms with Gasteiger partial charge in [-0.3, -0.25) is 9.52 Å². The number of halogens is 2. The lowest BCUT2D eigenvalue weighted by Gasteiger charge is -2.14. The molecular weight excluding hydrogens is 457 g/mol. The standard InChI is InChI=1S/C22H21Cl2N3O3S/c1-27(2)19-8-3-5-15(11-19)14-25-22(28)16-6-4-7-18(12-16)26-31(29,30)21-13-17(23)9-10-20(21)24/h3-13,26H,14H2,1-2H3,(H,25,28). The van der Waals surface area contributed by atoms with Crippen LogP contribution in [0.25, 0.3) is 0 Å². The van der Waals surface area contributed by atoms with Crippen molar-refractivity contribution in [3.63, 3.8) is 0 Å². The second kappa shape index (κ2) is 9.60. The molecule has 162 valence electrons. The zero-order valence-corrected chi connectivity index (χ0v) is 19.2. The van der Waals surface area contributed by atoms with Gasteiger partial charge < -0.3 is 10.2 Å². The summed E-state index contributed by atoms with van der Waals surface area (Å²) < 4.78 is 27.8. The Labute approximate surface area is 191 Å². The summed E-state index contributed by atoms with van der Waals surface area (Å²) in [5.41, 5.74) is 2.54. The van der Waals surface area contributed by atoms with E-state index >= 15 is 0 Å². The van der Waals surface area contributed by atoms with Gasteiger partial charge in [-0.25, -0.2) is 8.42 Å². The van der Waals surface area contributed by atoms with Crippen LogP contribution in [0.2, 0.25) is 10.0 Å². The lowest BCUT2D eigenvalue weighted by Crippen LogP contribution is -2.23. The quantitative estimate of drug-likeness (QED) is 0.512. The highest BCUT2D eigenvalue weighted by molar-refractivity contribution is 7.92. The molecule has 6 nitrogen and oxygen atoms in total. The van der Waals surface area contributed by atoms with E-state index in [0.29, 0.717) is 12.1 Å². The van der Waals surface area contributed by atoms with Crippen LogP contribution in [0.5, 0.6) is 0 Å². The SMILES string of the molecule is CN(C)c1cccc(CNC(=O)c2cccc(NS(=O)(=O)c3cc(Cl)ccc3Cl)c2)c1. The Morgan fingerprint density at radius 1 is 0.968 bits per heavy atom. The highest BCUT2D eigenvalue weighted by Gasteiger charge is 2.19. The van der Waals surface area contributed by atoms with Crippen molar-refractivity contribution >= 4 is 50.5 Å². The van der Waals surface area contributed by atoms with E-state index in [-0.39, 0.29) is 26.5 Å². The maximum Gasteiger partial charge on any atom is 0.263 e. The molecule has 3 aromatic carbocycles. The van der Waals surface area contributed by atoms with Gasteiger partial charge in [0.05, 0.1) is 5.02 Å². The van der Waals surface area contributed by atoms with Crippen LogP contribution in [0.15, 0.2) is 71.6 Å². The summed E-state index contributed by atoms with van der Waals surface area (Å²) >= 11 is 11.9. The molecule has 0 saturated heterocycles. The molecule has 0 aliphatic heterocycles. The molecule has 31 heavy (non-hydrogen) atoms. The molecule has 0 heterocycles. The molecule has 0 bridgehead atoms. The number of hydrogen-bond donors (Lipinski definition) is 2. The molecule has 9 heteroatoms. The van der Waals surface area contributed by atoms with Crippen molar-refractivity contribution in [1.82, 2.24) is 5.32 Å². The molecule has 0 aromatic heterocycles. The second-order valence-electron chi connectivity index (χ2n) is 7.01. The van der Waals surface area contributed by atoms with Gasteiger partial charge in [-0.1, -0.05) is 41.4 Å². The molecule has 1 amide bonds. The van der Waals surface area contributed by atoms with Gasteiger partial charge >= 0.3 is 0 Å². The fourth-order valence-corrected chi connectivity index (χ4v) is 4.66. The minimum Gasteiger partial charge on any atom is -0.378 e. The first-order valence-corrected chi connectivity index (χ1v) is 11.5. The molecule has 0 unspecified atom stereocenters. The predicted molar refractivity (Wildman–Crippen MR) is 126 cm³/mol. The largest absolute Gasteiger partial charge is 0.378 e. The lowest BCUT2D eigenvalue weighted by molar-refractivity contribution is 0.0951. The van der Waals surface area contributed by atoms with Crippen LogP contribution in [0.3, 0.4) is 0 Å². The fourth-order valence-electron chi connectivity index (χ4n) is 2.85. The summed E-state index contributed by atoms with van der Waals surface area (Å²) in [5, 5.41) is 3.14. The normalized spacial score (nSPS) is 11.1. The number of carbonyl (C=O) groups is 1. The average Bonchev–Trinajstić information content (AvgIpc) is 2.73. The Hall–Kier alpha value is -2.74. The molecule has 0 fully saturated rings. The first kappa shape index (κ1) is 22.9. The van der Waals surface area contributed by atoms with Crippen molar-refractivity contribution in [1.29, 1.82) is 0 Å². The molecule has 0 saturated carbocycles.